The highest BCUT2D eigenvalue weighted by Gasteiger charge is 2.23. The summed E-state index contributed by atoms with van der Waals surface area (Å²) in [6.45, 7) is 0.701. The molecular weight excluding hydrogens is 254 g/mol. The summed E-state index contributed by atoms with van der Waals surface area (Å²) in [6.07, 6.45) is 2.92. The van der Waals surface area contributed by atoms with Crippen molar-refractivity contribution in [2.45, 2.75) is 6.10 Å². The predicted octanol–water partition coefficient (Wildman–Crippen LogP) is 0.913. The van der Waals surface area contributed by atoms with Crippen molar-refractivity contribution >= 4 is 17.6 Å². The van der Waals surface area contributed by atoms with Crippen LogP contribution < -0.4 is 5.73 Å². The van der Waals surface area contributed by atoms with Crippen LogP contribution >= 0.6 is 11.8 Å². The molecule has 2 N–H and O–H groups in total. The quantitative estimate of drug-likeness (QED) is 0.855. The molecule has 0 aromatic carbocycles. The van der Waals surface area contributed by atoms with Crippen LogP contribution in [0.25, 0.3) is 11.6 Å². The van der Waals surface area contributed by atoms with E-state index in [0.717, 1.165) is 11.5 Å². The lowest BCUT2D eigenvalue weighted by atomic mass is 10.3. The van der Waals surface area contributed by atoms with Crippen LogP contribution in [0.15, 0.2) is 16.9 Å². The van der Waals surface area contributed by atoms with Gasteiger partial charge in [0.25, 0.3) is 5.89 Å². The number of nitrogens with two attached hydrogens (primary N) is 1. The van der Waals surface area contributed by atoms with Gasteiger partial charge in [-0.3, -0.25) is 0 Å². The van der Waals surface area contributed by atoms with Gasteiger partial charge < -0.3 is 15.0 Å². The van der Waals surface area contributed by atoms with Crippen molar-refractivity contribution < 1.29 is 9.26 Å². The fraction of sp³-hybridized carbons (Fsp3) is 0.400. The second kappa shape index (κ2) is 4.91. The largest absolute Gasteiger partial charge is 0.382 e. The maximum absolute atomic E-state index is 5.70. The van der Waals surface area contributed by atoms with Crippen molar-refractivity contribution in [2.75, 3.05) is 23.8 Å². The summed E-state index contributed by atoms with van der Waals surface area (Å²) in [4.78, 5) is 12.3. The molecule has 7 nitrogen and oxygen atoms in total. The van der Waals surface area contributed by atoms with Gasteiger partial charge in [-0.2, -0.15) is 16.7 Å². The number of anilines is 1. The Hall–Kier alpha value is -1.67. The van der Waals surface area contributed by atoms with Crippen LogP contribution in [0.5, 0.6) is 0 Å². The molecule has 2 aromatic rings. The SMILES string of the molecule is Nc1nccnc1-c1nc(C2CSCCO2)no1. The molecule has 8 heteroatoms. The number of ether oxygens (including phenoxy) is 1. The number of rotatable bonds is 2. The molecule has 1 fully saturated rings. The van der Waals surface area contributed by atoms with Gasteiger partial charge >= 0.3 is 0 Å². The molecular formula is C10H11N5O2S. The van der Waals surface area contributed by atoms with Gasteiger partial charge in [0.1, 0.15) is 6.10 Å². The summed E-state index contributed by atoms with van der Waals surface area (Å²) in [5, 5.41) is 3.91. The normalized spacial score (nSPS) is 19.9. The van der Waals surface area contributed by atoms with Gasteiger partial charge in [-0.25, -0.2) is 9.97 Å². The van der Waals surface area contributed by atoms with Crippen molar-refractivity contribution in [2.24, 2.45) is 0 Å². The molecule has 94 valence electrons. The van der Waals surface area contributed by atoms with E-state index >= 15 is 0 Å². The van der Waals surface area contributed by atoms with Crippen LogP contribution in [-0.4, -0.2) is 38.2 Å². The average Bonchev–Trinajstić information content (AvgIpc) is 2.90. The smallest absolute Gasteiger partial charge is 0.280 e. The van der Waals surface area contributed by atoms with E-state index in [2.05, 4.69) is 20.1 Å². The maximum Gasteiger partial charge on any atom is 0.280 e. The number of nitrogens with zero attached hydrogens (tertiary/aromatic N) is 4. The fourth-order valence-corrected chi connectivity index (χ4v) is 2.45. The predicted molar refractivity (Wildman–Crippen MR) is 65.8 cm³/mol. The molecule has 0 amide bonds. The summed E-state index contributed by atoms with van der Waals surface area (Å²) in [7, 11) is 0. The molecule has 0 bridgehead atoms. The Morgan fingerprint density at radius 2 is 2.22 bits per heavy atom. The molecule has 3 heterocycles. The summed E-state index contributed by atoms with van der Waals surface area (Å²) < 4.78 is 10.7. The zero-order valence-corrected chi connectivity index (χ0v) is 10.3. The number of nitrogen functional groups attached to an aromatic ring is 1. The van der Waals surface area contributed by atoms with Gasteiger partial charge in [-0.05, 0) is 0 Å². The minimum atomic E-state index is -0.126. The second-order valence-corrected chi connectivity index (χ2v) is 4.83. The third kappa shape index (κ3) is 2.16. The highest BCUT2D eigenvalue weighted by Crippen LogP contribution is 2.27. The summed E-state index contributed by atoms with van der Waals surface area (Å²) >= 11 is 1.81. The minimum absolute atomic E-state index is 0.126. The summed E-state index contributed by atoms with van der Waals surface area (Å²) in [5.41, 5.74) is 6.11. The third-order valence-corrected chi connectivity index (χ3v) is 3.47. The van der Waals surface area contributed by atoms with Gasteiger partial charge in [0.05, 0.1) is 6.61 Å². The first-order valence-corrected chi connectivity index (χ1v) is 6.60. The van der Waals surface area contributed by atoms with Gasteiger partial charge in [0.15, 0.2) is 11.5 Å². The molecule has 2 aromatic heterocycles. The van der Waals surface area contributed by atoms with Crippen molar-refractivity contribution in [3.8, 4) is 11.6 Å². The first kappa shape index (κ1) is 11.4. The first-order valence-electron chi connectivity index (χ1n) is 5.44. The Kier molecular flexibility index (Phi) is 3.11. The van der Waals surface area contributed by atoms with E-state index in [-0.39, 0.29) is 17.8 Å². The molecule has 1 atom stereocenters. The van der Waals surface area contributed by atoms with E-state index in [0.29, 0.717) is 18.1 Å². The Morgan fingerprint density at radius 1 is 1.33 bits per heavy atom. The minimum Gasteiger partial charge on any atom is -0.382 e. The van der Waals surface area contributed by atoms with Crippen LogP contribution in [0.4, 0.5) is 5.82 Å². The highest BCUT2D eigenvalue weighted by atomic mass is 32.2. The van der Waals surface area contributed by atoms with E-state index in [1.165, 1.54) is 12.4 Å². The first-order chi connectivity index (χ1) is 8.84. The molecule has 3 rings (SSSR count). The number of thioether (sulfide) groups is 1. The Morgan fingerprint density at radius 3 is 3.00 bits per heavy atom. The zero-order valence-electron chi connectivity index (χ0n) is 9.44. The molecule has 1 aliphatic heterocycles. The van der Waals surface area contributed by atoms with E-state index in [1.807, 2.05) is 0 Å². The lowest BCUT2D eigenvalue weighted by molar-refractivity contribution is 0.0677. The fourth-order valence-electron chi connectivity index (χ4n) is 1.61. The molecule has 0 spiro atoms. The number of hydrogen-bond donors (Lipinski definition) is 1. The summed E-state index contributed by atoms with van der Waals surface area (Å²) in [5.74, 6) is 2.90. The van der Waals surface area contributed by atoms with Crippen molar-refractivity contribution in [1.82, 2.24) is 20.1 Å². The lowest BCUT2D eigenvalue weighted by Gasteiger charge is -2.18. The second-order valence-electron chi connectivity index (χ2n) is 3.68. The standard InChI is InChI=1S/C10H11N5O2S/c11-8-7(12-1-2-13-8)10-14-9(15-17-10)6-5-18-4-3-16-6/h1-2,6H,3-5H2,(H2,11,13). The number of hydrogen-bond acceptors (Lipinski definition) is 8. The van der Waals surface area contributed by atoms with Crippen molar-refractivity contribution in [3.63, 3.8) is 0 Å². The Labute approximate surface area is 107 Å². The topological polar surface area (TPSA) is 100.0 Å². The van der Waals surface area contributed by atoms with Crippen LogP contribution in [0, 0.1) is 0 Å². The zero-order chi connectivity index (χ0) is 12.4. The summed E-state index contributed by atoms with van der Waals surface area (Å²) in [6, 6.07) is 0. The molecule has 0 saturated carbocycles. The van der Waals surface area contributed by atoms with E-state index in [1.54, 1.807) is 11.8 Å². The van der Waals surface area contributed by atoms with E-state index in [9.17, 15) is 0 Å². The van der Waals surface area contributed by atoms with Gasteiger partial charge in [0.2, 0.25) is 5.82 Å². The van der Waals surface area contributed by atoms with E-state index in [4.69, 9.17) is 15.0 Å². The molecule has 18 heavy (non-hydrogen) atoms. The third-order valence-electron chi connectivity index (χ3n) is 2.47. The van der Waals surface area contributed by atoms with Crippen LogP contribution in [-0.2, 0) is 4.74 Å². The van der Waals surface area contributed by atoms with E-state index < -0.39 is 0 Å². The highest BCUT2D eigenvalue weighted by molar-refractivity contribution is 7.99. The Bertz CT molecular complexity index is 541. The molecule has 1 saturated heterocycles. The molecule has 1 aliphatic rings. The molecule has 1 unspecified atom stereocenters. The Balaban J connectivity index is 1.87. The maximum atomic E-state index is 5.70. The van der Waals surface area contributed by atoms with Crippen molar-refractivity contribution in [3.05, 3.63) is 18.2 Å². The number of aromatic nitrogens is 4. The van der Waals surface area contributed by atoms with Crippen LogP contribution in [0.3, 0.4) is 0 Å². The van der Waals surface area contributed by atoms with Gasteiger partial charge in [-0.15, -0.1) is 0 Å². The van der Waals surface area contributed by atoms with Crippen LogP contribution in [0.1, 0.15) is 11.9 Å². The monoisotopic (exact) mass is 265 g/mol. The van der Waals surface area contributed by atoms with Crippen molar-refractivity contribution in [1.29, 1.82) is 0 Å². The lowest BCUT2D eigenvalue weighted by Crippen LogP contribution is -2.16. The van der Waals surface area contributed by atoms with Gasteiger partial charge in [-0.1, -0.05) is 5.16 Å². The molecule has 0 aliphatic carbocycles. The average molecular weight is 265 g/mol. The molecule has 0 radical (unpaired) electrons. The van der Waals surface area contributed by atoms with Crippen LogP contribution in [0.2, 0.25) is 0 Å². The van der Waals surface area contributed by atoms with Gasteiger partial charge in [0, 0.05) is 23.9 Å².